The second kappa shape index (κ2) is 6.44. The van der Waals surface area contributed by atoms with Crippen molar-refractivity contribution in [1.82, 2.24) is 15.5 Å². The van der Waals surface area contributed by atoms with Crippen LogP contribution in [0.4, 0.5) is 8.78 Å². The van der Waals surface area contributed by atoms with Gasteiger partial charge in [0.25, 0.3) is 5.91 Å². The van der Waals surface area contributed by atoms with E-state index in [1.807, 2.05) is 6.07 Å². The van der Waals surface area contributed by atoms with Gasteiger partial charge in [-0.05, 0) is 32.0 Å². The van der Waals surface area contributed by atoms with Crippen molar-refractivity contribution in [1.29, 1.82) is 5.26 Å². The molecule has 6 nitrogen and oxygen atoms in total. The number of nitrogens with one attached hydrogen (secondary N) is 2. The Bertz CT molecular complexity index is 769. The Balaban J connectivity index is 2.04. The fourth-order valence-electron chi connectivity index (χ4n) is 1.74. The monoisotopic (exact) mass is 320 g/mol. The third kappa shape index (κ3) is 4.03. The minimum atomic E-state index is -1.37. The summed E-state index contributed by atoms with van der Waals surface area (Å²) in [5.41, 5.74) is -0.530. The predicted molar refractivity (Wildman–Crippen MR) is 76.7 cm³/mol. The van der Waals surface area contributed by atoms with Gasteiger partial charge in [0.15, 0.2) is 17.2 Å². The lowest BCUT2D eigenvalue weighted by Gasteiger charge is -2.23. The number of benzene rings is 1. The Hall–Kier alpha value is -2.95. The van der Waals surface area contributed by atoms with Crippen LogP contribution in [0.1, 0.15) is 23.1 Å². The van der Waals surface area contributed by atoms with Gasteiger partial charge in [-0.2, -0.15) is 10.4 Å². The summed E-state index contributed by atoms with van der Waals surface area (Å²) in [6.07, 6.45) is 0. The minimum absolute atomic E-state index is 0.0511. The fraction of sp³-hybridized carbons (Fsp3) is 0.267. The molecular weight excluding hydrogens is 306 g/mol. The first-order chi connectivity index (χ1) is 10.8. The number of rotatable bonds is 5. The molecule has 0 aliphatic rings. The average Bonchev–Trinajstić information content (AvgIpc) is 2.95. The van der Waals surface area contributed by atoms with Crippen LogP contribution in [0.15, 0.2) is 24.3 Å². The summed E-state index contributed by atoms with van der Waals surface area (Å²) < 4.78 is 31.2. The highest BCUT2D eigenvalue weighted by molar-refractivity contribution is 5.93. The van der Waals surface area contributed by atoms with Crippen molar-refractivity contribution in [2.24, 2.45) is 0 Å². The normalized spacial score (nSPS) is 13.0. The van der Waals surface area contributed by atoms with Gasteiger partial charge in [0.2, 0.25) is 0 Å². The number of hydrogen-bond acceptors (Lipinski definition) is 4. The van der Waals surface area contributed by atoms with Crippen LogP contribution >= 0.6 is 0 Å². The molecule has 0 fully saturated rings. The molecule has 1 amide bonds. The van der Waals surface area contributed by atoms with Gasteiger partial charge >= 0.3 is 0 Å². The molecule has 0 saturated carbocycles. The molecule has 2 N–H and O–H groups in total. The van der Waals surface area contributed by atoms with Crippen LogP contribution in [-0.4, -0.2) is 28.3 Å². The zero-order chi connectivity index (χ0) is 17.0. The van der Waals surface area contributed by atoms with E-state index in [0.29, 0.717) is 5.69 Å². The van der Waals surface area contributed by atoms with E-state index in [4.69, 9.17) is 4.74 Å². The largest absolute Gasteiger partial charge is 0.490 e. The van der Waals surface area contributed by atoms with Crippen molar-refractivity contribution in [2.75, 3.05) is 6.61 Å². The molecule has 1 aromatic carbocycles. The van der Waals surface area contributed by atoms with E-state index in [-0.39, 0.29) is 18.1 Å². The molecule has 23 heavy (non-hydrogen) atoms. The van der Waals surface area contributed by atoms with Crippen LogP contribution in [-0.2, 0) is 0 Å². The minimum Gasteiger partial charge on any atom is -0.490 e. The highest BCUT2D eigenvalue weighted by atomic mass is 19.2. The Morgan fingerprint density at radius 1 is 1.43 bits per heavy atom. The third-order valence-corrected chi connectivity index (χ3v) is 2.99. The number of aryl methyl sites for hydroxylation is 1. The van der Waals surface area contributed by atoms with Crippen LogP contribution in [0.5, 0.6) is 5.75 Å². The summed E-state index contributed by atoms with van der Waals surface area (Å²) in [6, 6.07) is 6.46. The summed E-state index contributed by atoms with van der Waals surface area (Å²) in [7, 11) is 0. The summed E-state index contributed by atoms with van der Waals surface area (Å²) in [4.78, 5) is 12.0. The second-order valence-electron chi connectivity index (χ2n) is 5.20. The van der Waals surface area contributed by atoms with E-state index in [1.54, 1.807) is 6.92 Å². The van der Waals surface area contributed by atoms with Crippen molar-refractivity contribution < 1.29 is 18.3 Å². The summed E-state index contributed by atoms with van der Waals surface area (Å²) >= 11 is 0. The molecule has 1 heterocycles. The Morgan fingerprint density at radius 2 is 2.17 bits per heavy atom. The highest BCUT2D eigenvalue weighted by Gasteiger charge is 2.28. The van der Waals surface area contributed by atoms with Gasteiger partial charge in [-0.1, -0.05) is 0 Å². The van der Waals surface area contributed by atoms with Gasteiger partial charge in [0, 0.05) is 11.8 Å². The van der Waals surface area contributed by atoms with Crippen molar-refractivity contribution in [2.45, 2.75) is 19.4 Å². The highest BCUT2D eigenvalue weighted by Crippen LogP contribution is 2.17. The molecule has 8 heteroatoms. The molecule has 0 unspecified atom stereocenters. The van der Waals surface area contributed by atoms with Gasteiger partial charge in [0.1, 0.15) is 18.1 Å². The predicted octanol–water partition coefficient (Wildman–Crippen LogP) is 2.09. The van der Waals surface area contributed by atoms with Crippen LogP contribution in [0.2, 0.25) is 0 Å². The Kier molecular flexibility index (Phi) is 4.60. The maximum Gasteiger partial charge on any atom is 0.273 e. The van der Waals surface area contributed by atoms with E-state index >= 15 is 0 Å². The smallest absolute Gasteiger partial charge is 0.273 e. The molecule has 0 aliphatic carbocycles. The molecule has 0 radical (unpaired) electrons. The summed E-state index contributed by atoms with van der Waals surface area (Å²) in [6.45, 7) is 2.94. The van der Waals surface area contributed by atoms with E-state index in [1.165, 1.54) is 19.1 Å². The zero-order valence-corrected chi connectivity index (χ0v) is 12.5. The number of nitrogens with zero attached hydrogens (tertiary/aromatic N) is 2. The number of carbonyl (C=O) groups excluding carboxylic acids is 1. The number of carbonyl (C=O) groups is 1. The number of hydrogen-bond donors (Lipinski definition) is 2. The maximum absolute atomic E-state index is 13.1. The van der Waals surface area contributed by atoms with E-state index < -0.39 is 23.1 Å². The van der Waals surface area contributed by atoms with Gasteiger partial charge < -0.3 is 10.1 Å². The van der Waals surface area contributed by atoms with E-state index in [2.05, 4.69) is 15.5 Å². The molecule has 2 aromatic rings. The Labute approximate surface area is 131 Å². The molecule has 1 aromatic heterocycles. The van der Waals surface area contributed by atoms with Gasteiger partial charge in [0.05, 0.1) is 6.07 Å². The lowest BCUT2D eigenvalue weighted by molar-refractivity contribution is 0.0896. The SMILES string of the molecule is Cc1cc(C(=O)N[C@](C)(C#N)COc2ccc(F)c(F)c2)n[nH]1. The first-order valence-corrected chi connectivity index (χ1v) is 6.66. The number of H-pyrrole nitrogens is 1. The fourth-order valence-corrected chi connectivity index (χ4v) is 1.74. The maximum atomic E-state index is 13.1. The van der Waals surface area contributed by atoms with Gasteiger partial charge in [-0.3, -0.25) is 9.89 Å². The topological polar surface area (TPSA) is 90.8 Å². The van der Waals surface area contributed by atoms with Crippen molar-refractivity contribution in [3.05, 3.63) is 47.3 Å². The molecule has 120 valence electrons. The number of aromatic nitrogens is 2. The number of amides is 1. The quantitative estimate of drug-likeness (QED) is 0.882. The lowest BCUT2D eigenvalue weighted by atomic mass is 10.1. The molecule has 2 rings (SSSR count). The first-order valence-electron chi connectivity index (χ1n) is 6.66. The van der Waals surface area contributed by atoms with Crippen LogP contribution < -0.4 is 10.1 Å². The molecule has 0 aliphatic heterocycles. The van der Waals surface area contributed by atoms with Crippen molar-refractivity contribution >= 4 is 5.91 Å². The number of halogens is 2. The van der Waals surface area contributed by atoms with Crippen LogP contribution in [0.3, 0.4) is 0 Å². The molecule has 0 saturated heterocycles. The molecule has 0 spiro atoms. The van der Waals surface area contributed by atoms with Gasteiger partial charge in [-0.25, -0.2) is 8.78 Å². The average molecular weight is 320 g/mol. The molecule has 0 bridgehead atoms. The lowest BCUT2D eigenvalue weighted by Crippen LogP contribution is -2.49. The number of nitriles is 1. The second-order valence-corrected chi connectivity index (χ2v) is 5.20. The Morgan fingerprint density at radius 3 is 2.74 bits per heavy atom. The van der Waals surface area contributed by atoms with Crippen molar-refractivity contribution in [3.63, 3.8) is 0 Å². The summed E-state index contributed by atoms with van der Waals surface area (Å²) in [5.74, 6) is -2.55. The first kappa shape index (κ1) is 16.4. The zero-order valence-electron chi connectivity index (χ0n) is 12.5. The molecule has 1 atom stereocenters. The van der Waals surface area contributed by atoms with Crippen molar-refractivity contribution in [3.8, 4) is 11.8 Å². The summed E-state index contributed by atoms with van der Waals surface area (Å²) in [5, 5.41) is 18.2. The van der Waals surface area contributed by atoms with E-state index in [9.17, 15) is 18.8 Å². The van der Waals surface area contributed by atoms with Crippen LogP contribution in [0, 0.1) is 29.9 Å². The number of aromatic amines is 1. The van der Waals surface area contributed by atoms with Crippen LogP contribution in [0.25, 0.3) is 0 Å². The van der Waals surface area contributed by atoms with E-state index in [0.717, 1.165) is 12.1 Å². The standard InChI is InChI=1S/C15H14F2N4O2/c1-9-5-13(21-20-9)14(22)19-15(2,7-18)8-23-10-3-4-11(16)12(17)6-10/h3-6H,8H2,1-2H3,(H,19,22)(H,20,21)/t15-/m1/s1. The third-order valence-electron chi connectivity index (χ3n) is 2.99. The van der Waals surface area contributed by atoms with Gasteiger partial charge in [-0.15, -0.1) is 0 Å². The molecular formula is C15H14F2N4O2. The number of ether oxygens (including phenoxy) is 1.